The van der Waals surface area contributed by atoms with Crippen molar-refractivity contribution in [3.05, 3.63) is 72.1 Å². The minimum Gasteiger partial charge on any atom is -0.260 e. The van der Waals surface area contributed by atoms with E-state index in [1.54, 1.807) is 0 Å². The standard InChI is InChI=1S/C25H25N3/c1-4-5-15-27-17-28(23-11-7-6-10-22(23)27)18-12-13-19-20-9-8-14-26-24(20)25(2,3)21(19)16-18/h6-14,16H,4-5,15H2,1-3H3/q+2. The first-order valence-electron chi connectivity index (χ1n) is 10.1. The van der Waals surface area contributed by atoms with Crippen LogP contribution < -0.4 is 4.58 Å². The SMILES string of the molecule is CCCC[N+]1=C=[N+](c2ccc3c(c2)C(C)(C)c2ncccc2-3)c2ccccc21. The number of hydrogen-bond donors (Lipinski definition) is 0. The first-order chi connectivity index (χ1) is 13.6. The number of benzene rings is 2. The average molecular weight is 367 g/mol. The molecular weight excluding hydrogens is 342 g/mol. The summed E-state index contributed by atoms with van der Waals surface area (Å²) in [6.45, 7) is 7.77. The number of hydrogen-bond acceptors (Lipinski definition) is 1. The third-order valence-electron chi connectivity index (χ3n) is 5.99. The molecule has 0 spiro atoms. The van der Waals surface area contributed by atoms with Gasteiger partial charge in [0.1, 0.15) is 0 Å². The van der Waals surface area contributed by atoms with Crippen molar-refractivity contribution >= 4 is 23.1 Å². The summed E-state index contributed by atoms with van der Waals surface area (Å²) in [5.41, 5.74) is 8.56. The fourth-order valence-electron chi connectivity index (χ4n) is 4.46. The lowest BCUT2D eigenvalue weighted by Crippen LogP contribution is -2.17. The van der Waals surface area contributed by atoms with E-state index in [0.717, 1.165) is 18.7 Å². The molecule has 28 heavy (non-hydrogen) atoms. The van der Waals surface area contributed by atoms with Gasteiger partial charge in [-0.3, -0.25) is 4.98 Å². The highest BCUT2D eigenvalue weighted by molar-refractivity contribution is 5.82. The lowest BCUT2D eigenvalue weighted by molar-refractivity contribution is -0.431. The number of pyridine rings is 1. The summed E-state index contributed by atoms with van der Waals surface area (Å²) in [5, 5.41) is 0. The minimum absolute atomic E-state index is 0.0942. The second kappa shape index (κ2) is 6.25. The van der Waals surface area contributed by atoms with E-state index in [4.69, 9.17) is 4.98 Å². The van der Waals surface area contributed by atoms with Gasteiger partial charge >= 0.3 is 6.01 Å². The van der Waals surface area contributed by atoms with Gasteiger partial charge in [0.2, 0.25) is 5.69 Å². The lowest BCUT2D eigenvalue weighted by atomic mass is 9.85. The van der Waals surface area contributed by atoms with Crippen molar-refractivity contribution in [1.29, 1.82) is 0 Å². The van der Waals surface area contributed by atoms with Crippen molar-refractivity contribution in [1.82, 2.24) is 9.56 Å². The molecule has 0 bridgehead atoms. The fourth-order valence-corrected chi connectivity index (χ4v) is 4.46. The van der Waals surface area contributed by atoms with Crippen molar-refractivity contribution in [3.8, 4) is 11.1 Å². The monoisotopic (exact) mass is 367 g/mol. The van der Waals surface area contributed by atoms with Gasteiger partial charge in [0.15, 0.2) is 6.54 Å². The van der Waals surface area contributed by atoms with E-state index >= 15 is 0 Å². The quantitative estimate of drug-likeness (QED) is 0.529. The molecule has 0 saturated heterocycles. The molecule has 0 unspecified atom stereocenters. The molecule has 2 aliphatic rings. The average Bonchev–Trinajstić information content (AvgIpc) is 3.20. The van der Waals surface area contributed by atoms with Crippen molar-refractivity contribution in [2.24, 2.45) is 0 Å². The molecule has 0 saturated carbocycles. The van der Waals surface area contributed by atoms with Gasteiger partial charge in [-0.2, -0.15) is 0 Å². The number of nitrogens with zero attached hydrogens (tertiary/aromatic N) is 3. The van der Waals surface area contributed by atoms with Crippen LogP contribution >= 0.6 is 0 Å². The first kappa shape index (κ1) is 17.1. The number of fused-ring (bicyclic) bond motifs is 4. The molecule has 0 radical (unpaired) electrons. The molecule has 1 aliphatic carbocycles. The molecule has 1 aliphatic heterocycles. The highest BCUT2D eigenvalue weighted by Gasteiger charge is 2.39. The molecule has 2 heterocycles. The molecule has 1 aromatic heterocycles. The van der Waals surface area contributed by atoms with Crippen LogP contribution in [0, 0.1) is 0 Å². The van der Waals surface area contributed by atoms with E-state index in [2.05, 4.69) is 84.5 Å². The van der Waals surface area contributed by atoms with E-state index in [9.17, 15) is 0 Å². The zero-order valence-corrected chi connectivity index (χ0v) is 16.7. The van der Waals surface area contributed by atoms with Gasteiger partial charge in [0, 0.05) is 47.9 Å². The second-order valence-electron chi connectivity index (χ2n) is 8.18. The predicted molar refractivity (Wildman–Crippen MR) is 114 cm³/mol. The minimum atomic E-state index is -0.0942. The van der Waals surface area contributed by atoms with Crippen molar-refractivity contribution < 1.29 is 4.58 Å². The molecular formula is C25H25N3+2. The van der Waals surface area contributed by atoms with E-state index < -0.39 is 0 Å². The molecule has 2 aromatic carbocycles. The van der Waals surface area contributed by atoms with E-state index in [-0.39, 0.29) is 5.41 Å². The van der Waals surface area contributed by atoms with Crippen molar-refractivity contribution in [2.75, 3.05) is 6.54 Å². The number of aromatic nitrogens is 1. The Labute approximate surface area is 166 Å². The summed E-state index contributed by atoms with van der Waals surface area (Å²) >= 11 is 0. The highest BCUT2D eigenvalue weighted by atomic mass is 15.2. The maximum Gasteiger partial charge on any atom is 0.496 e. The summed E-state index contributed by atoms with van der Waals surface area (Å²) in [6, 6.07) is 23.2. The van der Waals surface area contributed by atoms with Crippen molar-refractivity contribution in [2.45, 2.75) is 39.0 Å². The Kier molecular flexibility index (Phi) is 3.82. The molecule has 138 valence electrons. The normalized spacial score (nSPS) is 15.5. The van der Waals surface area contributed by atoms with Crippen LogP contribution in [-0.2, 0) is 5.41 Å². The molecule has 5 rings (SSSR count). The summed E-state index contributed by atoms with van der Waals surface area (Å²) < 4.78 is 4.46. The van der Waals surface area contributed by atoms with Gasteiger partial charge < -0.3 is 0 Å². The molecule has 3 heteroatoms. The van der Waals surface area contributed by atoms with Gasteiger partial charge in [0.05, 0.1) is 5.69 Å². The Morgan fingerprint density at radius 1 is 0.964 bits per heavy atom. The van der Waals surface area contributed by atoms with Crippen LogP contribution in [0.4, 0.5) is 17.1 Å². The zero-order valence-electron chi connectivity index (χ0n) is 16.7. The van der Waals surface area contributed by atoms with Gasteiger partial charge in [-0.05, 0) is 27.8 Å². The number of para-hydroxylation sites is 2. The van der Waals surface area contributed by atoms with Crippen LogP contribution in [0.5, 0.6) is 0 Å². The summed E-state index contributed by atoms with van der Waals surface area (Å²) in [5.74, 6) is 0. The fraction of sp³-hybridized carbons (Fsp3) is 0.280. The van der Waals surface area contributed by atoms with Crippen LogP contribution in [0.15, 0.2) is 60.8 Å². The topological polar surface area (TPSA) is 18.9 Å². The van der Waals surface area contributed by atoms with Crippen LogP contribution in [0.25, 0.3) is 11.1 Å². The second-order valence-corrected chi connectivity index (χ2v) is 8.18. The maximum absolute atomic E-state index is 4.70. The Morgan fingerprint density at radius 3 is 2.61 bits per heavy atom. The summed E-state index contributed by atoms with van der Waals surface area (Å²) in [7, 11) is 0. The van der Waals surface area contributed by atoms with Crippen LogP contribution in [0.3, 0.4) is 0 Å². The van der Waals surface area contributed by atoms with Gasteiger partial charge in [-0.25, -0.2) is 0 Å². The molecule has 0 amide bonds. The molecule has 0 fully saturated rings. The molecule has 3 nitrogen and oxygen atoms in total. The molecule has 0 atom stereocenters. The smallest absolute Gasteiger partial charge is 0.260 e. The lowest BCUT2D eigenvalue weighted by Gasteiger charge is -2.19. The van der Waals surface area contributed by atoms with E-state index in [1.165, 1.54) is 40.2 Å². The van der Waals surface area contributed by atoms with E-state index in [0.29, 0.717) is 0 Å². The Balaban J connectivity index is 1.66. The third kappa shape index (κ3) is 2.40. The summed E-state index contributed by atoms with van der Waals surface area (Å²) in [6.07, 6.45) is 4.24. The number of unbranched alkanes of at least 4 members (excludes halogenated alkanes) is 1. The van der Waals surface area contributed by atoms with E-state index in [1.807, 2.05) is 12.3 Å². The Hall–Kier alpha value is -3.03. The maximum atomic E-state index is 4.70. The first-order valence-corrected chi connectivity index (χ1v) is 10.1. The Bertz CT molecular complexity index is 1160. The van der Waals surface area contributed by atoms with Gasteiger partial charge in [0.25, 0.3) is 11.4 Å². The van der Waals surface area contributed by atoms with Gasteiger partial charge in [-0.1, -0.05) is 50.0 Å². The van der Waals surface area contributed by atoms with Crippen molar-refractivity contribution in [3.63, 3.8) is 0 Å². The third-order valence-corrected chi connectivity index (χ3v) is 5.99. The highest BCUT2D eigenvalue weighted by Crippen LogP contribution is 2.48. The van der Waals surface area contributed by atoms with Crippen LogP contribution in [0.2, 0.25) is 0 Å². The summed E-state index contributed by atoms with van der Waals surface area (Å²) in [4.78, 5) is 4.70. The largest absolute Gasteiger partial charge is 0.496 e. The van der Waals surface area contributed by atoms with Crippen LogP contribution in [-0.4, -0.2) is 22.1 Å². The molecule has 0 N–H and O–H groups in total. The predicted octanol–water partition coefficient (Wildman–Crippen LogP) is 5.85. The number of rotatable bonds is 4. The van der Waals surface area contributed by atoms with Gasteiger partial charge in [-0.15, -0.1) is 0 Å². The Morgan fingerprint density at radius 2 is 1.79 bits per heavy atom. The zero-order chi connectivity index (χ0) is 19.3. The molecule has 3 aromatic rings. The van der Waals surface area contributed by atoms with Crippen LogP contribution in [0.1, 0.15) is 44.9 Å².